The van der Waals surface area contributed by atoms with Crippen molar-refractivity contribution in [3.8, 4) is 17.1 Å². The summed E-state index contributed by atoms with van der Waals surface area (Å²) in [5.74, 6) is 1.13. The van der Waals surface area contributed by atoms with Gasteiger partial charge in [0.05, 0.1) is 10.7 Å². The predicted molar refractivity (Wildman–Crippen MR) is 85.5 cm³/mol. The molecule has 1 N–H and O–H groups in total. The van der Waals surface area contributed by atoms with Crippen molar-refractivity contribution in [2.75, 3.05) is 19.0 Å². The van der Waals surface area contributed by atoms with Crippen molar-refractivity contribution in [2.24, 2.45) is 0 Å². The Morgan fingerprint density at radius 1 is 1.40 bits per heavy atom. The smallest absolute Gasteiger partial charge is 0.165 e. The van der Waals surface area contributed by atoms with E-state index in [4.69, 9.17) is 4.74 Å². The van der Waals surface area contributed by atoms with Gasteiger partial charge >= 0.3 is 0 Å². The summed E-state index contributed by atoms with van der Waals surface area (Å²) < 4.78 is 19.3. The molecule has 0 amide bonds. The molecule has 1 heterocycles. The molecule has 0 spiro atoms. The lowest BCUT2D eigenvalue weighted by atomic mass is 10.2. The maximum absolute atomic E-state index is 13.4. The Morgan fingerprint density at radius 3 is 2.90 bits per heavy atom. The van der Waals surface area contributed by atoms with E-state index >= 15 is 0 Å². The minimum absolute atomic E-state index is 0.188. The van der Waals surface area contributed by atoms with Gasteiger partial charge in [-0.05, 0) is 47.2 Å². The third-order valence-corrected chi connectivity index (χ3v) is 3.49. The molecular formula is C14H15FIN3O. The first-order chi connectivity index (χ1) is 9.65. The fraction of sp³-hybridized carbons (Fsp3) is 0.286. The Morgan fingerprint density at radius 2 is 2.20 bits per heavy atom. The molecule has 0 bridgehead atoms. The average Bonchev–Trinajstić information content (AvgIpc) is 2.47. The van der Waals surface area contributed by atoms with E-state index < -0.39 is 5.82 Å². The van der Waals surface area contributed by atoms with Gasteiger partial charge in [-0.1, -0.05) is 6.92 Å². The lowest BCUT2D eigenvalue weighted by Gasteiger charge is -2.09. The summed E-state index contributed by atoms with van der Waals surface area (Å²) in [6.07, 6.45) is 2.76. The summed E-state index contributed by atoms with van der Waals surface area (Å²) in [5.41, 5.74) is 0.721. The molecule has 0 radical (unpaired) electrons. The molecule has 1 aromatic carbocycles. The van der Waals surface area contributed by atoms with Crippen molar-refractivity contribution in [3.63, 3.8) is 0 Å². The molecule has 106 valence electrons. The van der Waals surface area contributed by atoms with Crippen LogP contribution in [0.5, 0.6) is 5.75 Å². The van der Waals surface area contributed by atoms with Crippen LogP contribution in [0.25, 0.3) is 11.4 Å². The second kappa shape index (κ2) is 6.83. The Bertz CT molecular complexity index is 607. The minimum atomic E-state index is -0.397. The van der Waals surface area contributed by atoms with Gasteiger partial charge in [0.15, 0.2) is 17.4 Å². The molecule has 0 saturated heterocycles. The van der Waals surface area contributed by atoms with E-state index in [1.807, 2.05) is 0 Å². The van der Waals surface area contributed by atoms with E-state index in [0.717, 1.165) is 27.9 Å². The maximum atomic E-state index is 13.4. The van der Waals surface area contributed by atoms with Crippen molar-refractivity contribution in [1.82, 2.24) is 9.97 Å². The quantitative estimate of drug-likeness (QED) is 0.795. The molecule has 2 rings (SSSR count). The number of halogens is 2. The van der Waals surface area contributed by atoms with Crippen molar-refractivity contribution in [1.29, 1.82) is 0 Å². The zero-order chi connectivity index (χ0) is 14.5. The standard InChI is InChI=1S/C14H15FIN3O/c1-3-6-17-14-11(16)8-18-13(19-14)9-4-5-10(15)12(7-9)20-2/h4-5,7-8H,3,6H2,1-2H3,(H,17,18,19). The van der Waals surface area contributed by atoms with Crippen molar-refractivity contribution in [2.45, 2.75) is 13.3 Å². The molecule has 0 aliphatic heterocycles. The van der Waals surface area contributed by atoms with Crippen LogP contribution in [0.2, 0.25) is 0 Å². The van der Waals surface area contributed by atoms with Gasteiger partial charge in [-0.15, -0.1) is 0 Å². The van der Waals surface area contributed by atoms with Crippen LogP contribution in [0.3, 0.4) is 0 Å². The van der Waals surface area contributed by atoms with Crippen LogP contribution in [0, 0.1) is 9.39 Å². The number of benzene rings is 1. The monoisotopic (exact) mass is 387 g/mol. The summed E-state index contributed by atoms with van der Waals surface area (Å²) in [4.78, 5) is 8.76. The number of rotatable bonds is 5. The van der Waals surface area contributed by atoms with Gasteiger partial charge in [0, 0.05) is 18.3 Å². The second-order valence-electron chi connectivity index (χ2n) is 4.17. The van der Waals surface area contributed by atoms with Crippen molar-refractivity contribution < 1.29 is 9.13 Å². The van der Waals surface area contributed by atoms with Crippen LogP contribution < -0.4 is 10.1 Å². The number of nitrogens with one attached hydrogen (secondary N) is 1. The van der Waals surface area contributed by atoms with Crippen LogP contribution >= 0.6 is 22.6 Å². The van der Waals surface area contributed by atoms with Gasteiger partial charge in [0.1, 0.15) is 5.82 Å². The largest absolute Gasteiger partial charge is 0.494 e. The van der Waals surface area contributed by atoms with Gasteiger partial charge in [-0.25, -0.2) is 14.4 Å². The number of ether oxygens (including phenoxy) is 1. The lowest BCUT2D eigenvalue weighted by molar-refractivity contribution is 0.387. The Labute approximate surface area is 130 Å². The van der Waals surface area contributed by atoms with Gasteiger partial charge in [-0.2, -0.15) is 0 Å². The number of hydrogen-bond donors (Lipinski definition) is 1. The Kier molecular flexibility index (Phi) is 5.11. The second-order valence-corrected chi connectivity index (χ2v) is 5.33. The molecule has 1 aromatic heterocycles. The number of hydrogen-bond acceptors (Lipinski definition) is 4. The highest BCUT2D eigenvalue weighted by atomic mass is 127. The maximum Gasteiger partial charge on any atom is 0.165 e. The van der Waals surface area contributed by atoms with E-state index in [0.29, 0.717) is 5.82 Å². The summed E-state index contributed by atoms with van der Waals surface area (Å²) in [6.45, 7) is 2.94. The first-order valence-electron chi connectivity index (χ1n) is 6.26. The van der Waals surface area contributed by atoms with Crippen LogP contribution in [-0.2, 0) is 0 Å². The normalized spacial score (nSPS) is 10.4. The van der Waals surface area contributed by atoms with Crippen LogP contribution in [0.4, 0.5) is 10.2 Å². The summed E-state index contributed by atoms with van der Waals surface area (Å²) >= 11 is 2.18. The van der Waals surface area contributed by atoms with E-state index in [1.54, 1.807) is 18.3 Å². The lowest BCUT2D eigenvalue weighted by Crippen LogP contribution is -2.05. The van der Waals surface area contributed by atoms with Gasteiger partial charge in [-0.3, -0.25) is 0 Å². The van der Waals surface area contributed by atoms with Gasteiger partial charge in [0.25, 0.3) is 0 Å². The number of aromatic nitrogens is 2. The molecule has 0 aliphatic rings. The molecular weight excluding hydrogens is 372 g/mol. The SMILES string of the molecule is CCCNc1nc(-c2ccc(F)c(OC)c2)ncc1I. The highest BCUT2D eigenvalue weighted by molar-refractivity contribution is 14.1. The first kappa shape index (κ1) is 15.0. The molecule has 0 unspecified atom stereocenters. The zero-order valence-corrected chi connectivity index (χ0v) is 13.4. The minimum Gasteiger partial charge on any atom is -0.494 e. The van der Waals surface area contributed by atoms with E-state index in [1.165, 1.54) is 13.2 Å². The van der Waals surface area contributed by atoms with Crippen LogP contribution in [0.15, 0.2) is 24.4 Å². The van der Waals surface area contributed by atoms with Gasteiger partial charge < -0.3 is 10.1 Å². The first-order valence-corrected chi connectivity index (χ1v) is 7.34. The molecule has 0 saturated carbocycles. The molecule has 2 aromatic rings. The van der Waals surface area contributed by atoms with E-state index in [-0.39, 0.29) is 5.75 Å². The topological polar surface area (TPSA) is 47.0 Å². The number of nitrogens with zero attached hydrogens (tertiary/aromatic N) is 2. The number of anilines is 1. The third-order valence-electron chi connectivity index (χ3n) is 2.70. The fourth-order valence-electron chi connectivity index (χ4n) is 1.67. The summed E-state index contributed by atoms with van der Waals surface area (Å²) in [7, 11) is 1.44. The predicted octanol–water partition coefficient (Wildman–Crippen LogP) is 3.72. The summed E-state index contributed by atoms with van der Waals surface area (Å²) in [6, 6.07) is 4.60. The van der Waals surface area contributed by atoms with Crippen molar-refractivity contribution >= 4 is 28.4 Å². The van der Waals surface area contributed by atoms with E-state index in [9.17, 15) is 4.39 Å². The highest BCUT2D eigenvalue weighted by Crippen LogP contribution is 2.25. The van der Waals surface area contributed by atoms with Crippen molar-refractivity contribution in [3.05, 3.63) is 33.8 Å². The molecule has 0 aliphatic carbocycles. The highest BCUT2D eigenvalue weighted by Gasteiger charge is 2.10. The molecule has 4 nitrogen and oxygen atoms in total. The average molecular weight is 387 g/mol. The zero-order valence-electron chi connectivity index (χ0n) is 11.3. The molecule has 20 heavy (non-hydrogen) atoms. The van der Waals surface area contributed by atoms with Crippen LogP contribution in [-0.4, -0.2) is 23.6 Å². The molecule has 6 heteroatoms. The van der Waals surface area contributed by atoms with E-state index in [2.05, 4.69) is 44.8 Å². The van der Waals surface area contributed by atoms with Crippen LogP contribution in [0.1, 0.15) is 13.3 Å². The molecule has 0 fully saturated rings. The third kappa shape index (κ3) is 3.36. The number of methoxy groups -OCH3 is 1. The Hall–Kier alpha value is -1.44. The fourth-order valence-corrected chi connectivity index (χ4v) is 2.12. The van der Waals surface area contributed by atoms with Gasteiger partial charge in [0.2, 0.25) is 0 Å². The summed E-state index contributed by atoms with van der Waals surface area (Å²) in [5, 5.41) is 3.25. The Balaban J connectivity index is 2.37. The molecule has 0 atom stereocenters.